The van der Waals surface area contributed by atoms with Crippen LogP contribution in [0.15, 0.2) is 12.3 Å². The van der Waals surface area contributed by atoms with Gasteiger partial charge in [0.1, 0.15) is 12.4 Å². The number of nitrogens with one attached hydrogen (secondary N) is 1. The van der Waals surface area contributed by atoms with E-state index in [1.165, 1.54) is 12.3 Å². The minimum atomic E-state index is -0.326. The van der Waals surface area contributed by atoms with E-state index in [4.69, 9.17) is 4.74 Å². The van der Waals surface area contributed by atoms with Gasteiger partial charge in [0.25, 0.3) is 0 Å². The van der Waals surface area contributed by atoms with Gasteiger partial charge < -0.3 is 15.0 Å². The highest BCUT2D eigenvalue weighted by atomic mass is 19.1. The molecule has 5 heteroatoms. The lowest BCUT2D eigenvalue weighted by Crippen LogP contribution is -2.28. The van der Waals surface area contributed by atoms with E-state index in [2.05, 4.69) is 42.9 Å². The summed E-state index contributed by atoms with van der Waals surface area (Å²) in [5, 5.41) is 3.29. The number of likely N-dealkylation sites (N-methyl/N-ethyl adjacent to an activating group) is 1. The number of rotatable bonds is 10. The molecule has 1 heterocycles. The monoisotopic (exact) mass is 297 g/mol. The van der Waals surface area contributed by atoms with Crippen LogP contribution >= 0.6 is 0 Å². The summed E-state index contributed by atoms with van der Waals surface area (Å²) in [4.78, 5) is 6.35. The molecule has 0 aromatic carbocycles. The maximum Gasteiger partial charge on any atom is 0.218 e. The van der Waals surface area contributed by atoms with Crippen molar-refractivity contribution in [3.63, 3.8) is 0 Å². The van der Waals surface area contributed by atoms with Crippen LogP contribution in [0, 0.1) is 11.7 Å². The zero-order valence-electron chi connectivity index (χ0n) is 13.7. The molecule has 0 aliphatic rings. The van der Waals surface area contributed by atoms with Gasteiger partial charge in [0.2, 0.25) is 5.88 Å². The van der Waals surface area contributed by atoms with Gasteiger partial charge in [-0.2, -0.15) is 0 Å². The molecular weight excluding hydrogens is 269 g/mol. The normalized spacial score (nSPS) is 11.4. The maximum atomic E-state index is 13.3. The predicted molar refractivity (Wildman–Crippen MR) is 84.0 cm³/mol. The van der Waals surface area contributed by atoms with Crippen LogP contribution in [0.25, 0.3) is 0 Å². The Balaban J connectivity index is 2.55. The second kappa shape index (κ2) is 9.68. The smallest absolute Gasteiger partial charge is 0.218 e. The Kier molecular flexibility index (Phi) is 8.23. The molecule has 0 bridgehead atoms. The van der Waals surface area contributed by atoms with Crippen molar-refractivity contribution in [2.24, 2.45) is 5.92 Å². The molecule has 4 nitrogen and oxygen atoms in total. The number of hydrogen-bond donors (Lipinski definition) is 1. The Hall–Kier alpha value is -1.20. The molecule has 1 rings (SSSR count). The molecule has 0 saturated carbocycles. The SMILES string of the molecule is CCN(CC)CCOc1ncc(F)cc1CNCC(C)C. The summed E-state index contributed by atoms with van der Waals surface area (Å²) in [7, 11) is 0. The number of pyridine rings is 1. The van der Waals surface area contributed by atoms with Gasteiger partial charge in [0, 0.05) is 18.7 Å². The molecule has 120 valence electrons. The lowest BCUT2D eigenvalue weighted by Gasteiger charge is -2.18. The van der Waals surface area contributed by atoms with E-state index in [0.717, 1.165) is 31.7 Å². The molecule has 0 atom stereocenters. The van der Waals surface area contributed by atoms with Gasteiger partial charge in [0.05, 0.1) is 6.20 Å². The fourth-order valence-electron chi connectivity index (χ4n) is 2.03. The van der Waals surface area contributed by atoms with Crippen molar-refractivity contribution in [1.82, 2.24) is 15.2 Å². The predicted octanol–water partition coefficient (Wildman–Crippen LogP) is 2.69. The van der Waals surface area contributed by atoms with Crippen molar-refractivity contribution in [2.45, 2.75) is 34.2 Å². The number of hydrogen-bond acceptors (Lipinski definition) is 4. The zero-order valence-corrected chi connectivity index (χ0v) is 13.7. The van der Waals surface area contributed by atoms with Gasteiger partial charge in [-0.25, -0.2) is 9.37 Å². The van der Waals surface area contributed by atoms with E-state index in [-0.39, 0.29) is 5.82 Å². The molecular formula is C16H28FN3O. The second-order valence-corrected chi connectivity index (χ2v) is 5.52. The standard InChI is InChI=1S/C16H28FN3O/c1-5-20(6-2)7-8-21-16-14(9-15(17)12-19-16)11-18-10-13(3)4/h9,12-13,18H,5-8,10-11H2,1-4H3. The summed E-state index contributed by atoms with van der Waals surface area (Å²) < 4.78 is 19.1. The van der Waals surface area contributed by atoms with Crippen molar-refractivity contribution in [1.29, 1.82) is 0 Å². The second-order valence-electron chi connectivity index (χ2n) is 5.52. The average Bonchev–Trinajstić information content (AvgIpc) is 2.45. The highest BCUT2D eigenvalue weighted by Crippen LogP contribution is 2.16. The largest absolute Gasteiger partial charge is 0.476 e. The Morgan fingerprint density at radius 1 is 1.33 bits per heavy atom. The van der Waals surface area contributed by atoms with Crippen molar-refractivity contribution >= 4 is 0 Å². The van der Waals surface area contributed by atoms with Gasteiger partial charge in [-0.15, -0.1) is 0 Å². The van der Waals surface area contributed by atoms with Gasteiger partial charge in [-0.05, 0) is 31.6 Å². The van der Waals surface area contributed by atoms with Gasteiger partial charge >= 0.3 is 0 Å². The van der Waals surface area contributed by atoms with Gasteiger partial charge in [-0.1, -0.05) is 27.7 Å². The molecule has 0 amide bonds. The number of nitrogens with zero attached hydrogens (tertiary/aromatic N) is 2. The van der Waals surface area contributed by atoms with Crippen molar-refractivity contribution in [3.05, 3.63) is 23.6 Å². The Morgan fingerprint density at radius 2 is 2.05 bits per heavy atom. The summed E-state index contributed by atoms with van der Waals surface area (Å²) in [6.07, 6.45) is 1.21. The third-order valence-corrected chi connectivity index (χ3v) is 3.30. The quantitative estimate of drug-likeness (QED) is 0.720. The average molecular weight is 297 g/mol. The highest BCUT2D eigenvalue weighted by Gasteiger charge is 2.08. The van der Waals surface area contributed by atoms with Gasteiger partial charge in [-0.3, -0.25) is 0 Å². The number of aromatic nitrogens is 1. The molecule has 0 radical (unpaired) electrons. The van der Waals surface area contributed by atoms with E-state index in [0.29, 0.717) is 24.9 Å². The van der Waals surface area contributed by atoms with Crippen LogP contribution in [0.1, 0.15) is 33.3 Å². The lowest BCUT2D eigenvalue weighted by molar-refractivity contribution is 0.216. The molecule has 0 fully saturated rings. The van der Waals surface area contributed by atoms with Crippen LogP contribution in [-0.2, 0) is 6.54 Å². The van der Waals surface area contributed by atoms with Crippen LogP contribution in [0.2, 0.25) is 0 Å². The van der Waals surface area contributed by atoms with Crippen LogP contribution < -0.4 is 10.1 Å². The van der Waals surface area contributed by atoms with E-state index in [9.17, 15) is 4.39 Å². The minimum absolute atomic E-state index is 0.326. The molecule has 1 aromatic heterocycles. The van der Waals surface area contributed by atoms with Crippen LogP contribution in [0.4, 0.5) is 4.39 Å². The Labute approximate surface area is 127 Å². The summed E-state index contributed by atoms with van der Waals surface area (Å²) in [6, 6.07) is 1.49. The highest BCUT2D eigenvalue weighted by molar-refractivity contribution is 5.26. The molecule has 0 unspecified atom stereocenters. The topological polar surface area (TPSA) is 37.4 Å². The first-order valence-corrected chi connectivity index (χ1v) is 7.77. The number of halogens is 1. The van der Waals surface area contributed by atoms with E-state index >= 15 is 0 Å². The third-order valence-electron chi connectivity index (χ3n) is 3.30. The van der Waals surface area contributed by atoms with Crippen LogP contribution in [-0.4, -0.2) is 42.7 Å². The van der Waals surface area contributed by atoms with E-state index in [1.54, 1.807) is 0 Å². The lowest BCUT2D eigenvalue weighted by atomic mass is 10.2. The van der Waals surface area contributed by atoms with Crippen LogP contribution in [0.5, 0.6) is 5.88 Å². The first-order chi connectivity index (χ1) is 10.1. The fourth-order valence-corrected chi connectivity index (χ4v) is 2.03. The summed E-state index contributed by atoms with van der Waals surface area (Å²) in [5.41, 5.74) is 0.773. The summed E-state index contributed by atoms with van der Waals surface area (Å²) in [6.45, 7) is 13.4. The Bertz CT molecular complexity index is 409. The van der Waals surface area contributed by atoms with Gasteiger partial charge in [0.15, 0.2) is 0 Å². The fraction of sp³-hybridized carbons (Fsp3) is 0.688. The molecule has 0 spiro atoms. The third kappa shape index (κ3) is 6.87. The molecule has 1 N–H and O–H groups in total. The number of ether oxygens (including phenoxy) is 1. The molecule has 0 saturated heterocycles. The zero-order chi connectivity index (χ0) is 15.7. The summed E-state index contributed by atoms with van der Waals surface area (Å²) in [5.74, 6) is 0.755. The molecule has 0 aliphatic carbocycles. The van der Waals surface area contributed by atoms with Crippen molar-refractivity contribution in [2.75, 3.05) is 32.8 Å². The van der Waals surface area contributed by atoms with Crippen molar-refractivity contribution in [3.8, 4) is 5.88 Å². The first-order valence-electron chi connectivity index (χ1n) is 7.77. The van der Waals surface area contributed by atoms with Crippen LogP contribution in [0.3, 0.4) is 0 Å². The summed E-state index contributed by atoms with van der Waals surface area (Å²) >= 11 is 0. The van der Waals surface area contributed by atoms with Crippen molar-refractivity contribution < 1.29 is 9.13 Å². The van der Waals surface area contributed by atoms with E-state index < -0.39 is 0 Å². The first kappa shape index (κ1) is 17.9. The Morgan fingerprint density at radius 3 is 2.67 bits per heavy atom. The molecule has 0 aliphatic heterocycles. The van der Waals surface area contributed by atoms with E-state index in [1.807, 2.05) is 0 Å². The molecule has 21 heavy (non-hydrogen) atoms. The molecule has 1 aromatic rings. The maximum absolute atomic E-state index is 13.3. The minimum Gasteiger partial charge on any atom is -0.476 e.